The summed E-state index contributed by atoms with van der Waals surface area (Å²) in [5.74, 6) is 0.799. The Labute approximate surface area is 101 Å². The third-order valence-corrected chi connectivity index (χ3v) is 2.35. The van der Waals surface area contributed by atoms with Gasteiger partial charge in [-0.1, -0.05) is 11.6 Å². The number of hydrogen-bond acceptors (Lipinski definition) is 3. The van der Waals surface area contributed by atoms with Crippen LogP contribution >= 0.6 is 11.6 Å². The second kappa shape index (κ2) is 5.53. The van der Waals surface area contributed by atoms with Crippen molar-refractivity contribution in [2.45, 2.75) is 26.0 Å². The SMILES string of the molecule is COc1ccc(Cl)cc1CNCC(C)(C)O. The van der Waals surface area contributed by atoms with E-state index in [4.69, 9.17) is 16.3 Å². The molecule has 0 heterocycles. The fraction of sp³-hybridized carbons (Fsp3) is 0.500. The maximum absolute atomic E-state index is 9.56. The lowest BCUT2D eigenvalue weighted by Crippen LogP contribution is -2.34. The first-order valence-corrected chi connectivity index (χ1v) is 5.56. The van der Waals surface area contributed by atoms with E-state index in [0.717, 1.165) is 11.3 Å². The summed E-state index contributed by atoms with van der Waals surface area (Å²) in [4.78, 5) is 0. The topological polar surface area (TPSA) is 41.5 Å². The minimum atomic E-state index is -0.716. The molecule has 0 aliphatic carbocycles. The molecule has 0 amide bonds. The van der Waals surface area contributed by atoms with Gasteiger partial charge in [-0.2, -0.15) is 0 Å². The second-order valence-corrected chi connectivity index (χ2v) is 4.81. The van der Waals surface area contributed by atoms with Crippen molar-refractivity contribution in [3.05, 3.63) is 28.8 Å². The number of benzene rings is 1. The van der Waals surface area contributed by atoms with Crippen molar-refractivity contribution < 1.29 is 9.84 Å². The molecule has 0 aliphatic heterocycles. The van der Waals surface area contributed by atoms with E-state index in [1.165, 1.54) is 0 Å². The number of methoxy groups -OCH3 is 1. The van der Waals surface area contributed by atoms with Crippen LogP contribution in [0.4, 0.5) is 0 Å². The molecule has 1 aromatic rings. The number of rotatable bonds is 5. The van der Waals surface area contributed by atoms with Gasteiger partial charge in [0.15, 0.2) is 0 Å². The number of ether oxygens (including phenoxy) is 1. The average molecular weight is 244 g/mol. The molecule has 16 heavy (non-hydrogen) atoms. The monoisotopic (exact) mass is 243 g/mol. The summed E-state index contributed by atoms with van der Waals surface area (Å²) >= 11 is 5.91. The summed E-state index contributed by atoms with van der Waals surface area (Å²) in [5, 5.41) is 13.4. The zero-order valence-electron chi connectivity index (χ0n) is 9.88. The first-order valence-electron chi connectivity index (χ1n) is 5.18. The molecule has 4 heteroatoms. The van der Waals surface area contributed by atoms with Gasteiger partial charge in [0.05, 0.1) is 12.7 Å². The summed E-state index contributed by atoms with van der Waals surface area (Å²) in [6.45, 7) is 4.65. The van der Waals surface area contributed by atoms with Crippen molar-refractivity contribution in [2.75, 3.05) is 13.7 Å². The van der Waals surface area contributed by atoms with Crippen LogP contribution in [0.5, 0.6) is 5.75 Å². The van der Waals surface area contributed by atoms with E-state index in [1.807, 2.05) is 12.1 Å². The van der Waals surface area contributed by atoms with Crippen LogP contribution in [-0.4, -0.2) is 24.4 Å². The third-order valence-electron chi connectivity index (χ3n) is 2.12. The summed E-state index contributed by atoms with van der Waals surface area (Å²) in [6.07, 6.45) is 0. The van der Waals surface area contributed by atoms with E-state index in [9.17, 15) is 5.11 Å². The van der Waals surface area contributed by atoms with E-state index < -0.39 is 5.60 Å². The highest BCUT2D eigenvalue weighted by molar-refractivity contribution is 6.30. The molecule has 0 radical (unpaired) electrons. The Morgan fingerprint density at radius 3 is 2.69 bits per heavy atom. The number of nitrogens with one attached hydrogen (secondary N) is 1. The molecular weight excluding hydrogens is 226 g/mol. The quantitative estimate of drug-likeness (QED) is 0.833. The van der Waals surface area contributed by atoms with Gasteiger partial charge in [-0.15, -0.1) is 0 Å². The molecule has 0 bridgehead atoms. The highest BCUT2D eigenvalue weighted by Gasteiger charge is 2.12. The van der Waals surface area contributed by atoms with E-state index in [-0.39, 0.29) is 0 Å². The summed E-state index contributed by atoms with van der Waals surface area (Å²) in [6, 6.07) is 5.49. The van der Waals surface area contributed by atoms with Gasteiger partial charge in [0.2, 0.25) is 0 Å². The van der Waals surface area contributed by atoms with Crippen LogP contribution in [0.2, 0.25) is 5.02 Å². The Kier molecular flexibility index (Phi) is 4.59. The van der Waals surface area contributed by atoms with Crippen molar-refractivity contribution in [3.8, 4) is 5.75 Å². The molecule has 0 atom stereocenters. The van der Waals surface area contributed by atoms with Crippen molar-refractivity contribution in [1.82, 2.24) is 5.32 Å². The first kappa shape index (κ1) is 13.3. The van der Waals surface area contributed by atoms with Crippen LogP contribution < -0.4 is 10.1 Å². The maximum Gasteiger partial charge on any atom is 0.123 e. The molecule has 2 N–H and O–H groups in total. The van der Waals surface area contributed by atoms with E-state index in [1.54, 1.807) is 27.0 Å². The van der Waals surface area contributed by atoms with Crippen molar-refractivity contribution in [3.63, 3.8) is 0 Å². The van der Waals surface area contributed by atoms with Gasteiger partial charge in [-0.3, -0.25) is 0 Å². The molecule has 0 saturated heterocycles. The minimum absolute atomic E-state index is 0.517. The average Bonchev–Trinajstić information content (AvgIpc) is 2.16. The molecule has 0 fully saturated rings. The Morgan fingerprint density at radius 1 is 1.44 bits per heavy atom. The number of hydrogen-bond donors (Lipinski definition) is 2. The van der Waals surface area contributed by atoms with Crippen LogP contribution in [0, 0.1) is 0 Å². The molecule has 0 aromatic heterocycles. The van der Waals surface area contributed by atoms with Crippen LogP contribution in [-0.2, 0) is 6.54 Å². The minimum Gasteiger partial charge on any atom is -0.496 e. The Balaban J connectivity index is 2.62. The predicted molar refractivity (Wildman–Crippen MR) is 66.0 cm³/mol. The van der Waals surface area contributed by atoms with Crippen LogP contribution in [0.3, 0.4) is 0 Å². The van der Waals surface area contributed by atoms with Crippen molar-refractivity contribution in [1.29, 1.82) is 0 Å². The number of halogens is 1. The summed E-state index contributed by atoms with van der Waals surface area (Å²) in [5.41, 5.74) is 0.269. The standard InChI is InChI=1S/C12H18ClNO2/c1-12(2,15)8-14-7-9-6-10(13)4-5-11(9)16-3/h4-6,14-15H,7-8H2,1-3H3. The van der Waals surface area contributed by atoms with Crippen LogP contribution in [0.1, 0.15) is 19.4 Å². The fourth-order valence-electron chi connectivity index (χ4n) is 1.39. The van der Waals surface area contributed by atoms with Gasteiger partial charge >= 0.3 is 0 Å². The molecule has 0 saturated carbocycles. The predicted octanol–water partition coefficient (Wildman–Crippen LogP) is 2.21. The highest BCUT2D eigenvalue weighted by atomic mass is 35.5. The van der Waals surface area contributed by atoms with Gasteiger partial charge in [-0.25, -0.2) is 0 Å². The van der Waals surface area contributed by atoms with Crippen molar-refractivity contribution in [2.24, 2.45) is 0 Å². The van der Waals surface area contributed by atoms with Crippen molar-refractivity contribution >= 4 is 11.6 Å². The Hall–Kier alpha value is -0.770. The smallest absolute Gasteiger partial charge is 0.123 e. The molecule has 90 valence electrons. The molecule has 0 spiro atoms. The Bertz CT molecular complexity index is 347. The lowest BCUT2D eigenvalue weighted by molar-refractivity contribution is 0.0794. The molecule has 1 rings (SSSR count). The fourth-order valence-corrected chi connectivity index (χ4v) is 1.58. The molecular formula is C12H18ClNO2. The largest absolute Gasteiger partial charge is 0.496 e. The molecule has 1 aromatic carbocycles. The van der Waals surface area contributed by atoms with Gasteiger partial charge in [0.25, 0.3) is 0 Å². The third kappa shape index (κ3) is 4.39. The van der Waals surface area contributed by atoms with Gasteiger partial charge < -0.3 is 15.2 Å². The zero-order chi connectivity index (χ0) is 12.2. The Morgan fingerprint density at radius 2 is 2.12 bits per heavy atom. The molecule has 3 nitrogen and oxygen atoms in total. The van der Waals surface area contributed by atoms with E-state index >= 15 is 0 Å². The van der Waals surface area contributed by atoms with E-state index in [2.05, 4.69) is 5.32 Å². The van der Waals surface area contributed by atoms with E-state index in [0.29, 0.717) is 18.1 Å². The van der Waals surface area contributed by atoms with Gasteiger partial charge in [-0.05, 0) is 32.0 Å². The second-order valence-electron chi connectivity index (χ2n) is 4.37. The molecule has 0 aliphatic rings. The number of aliphatic hydroxyl groups is 1. The summed E-state index contributed by atoms with van der Waals surface area (Å²) < 4.78 is 5.22. The van der Waals surface area contributed by atoms with Crippen LogP contribution in [0.15, 0.2) is 18.2 Å². The van der Waals surface area contributed by atoms with Gasteiger partial charge in [0, 0.05) is 23.7 Å². The summed E-state index contributed by atoms with van der Waals surface area (Å²) in [7, 11) is 1.63. The highest BCUT2D eigenvalue weighted by Crippen LogP contribution is 2.22. The van der Waals surface area contributed by atoms with Crippen LogP contribution in [0.25, 0.3) is 0 Å². The zero-order valence-corrected chi connectivity index (χ0v) is 10.6. The lowest BCUT2D eigenvalue weighted by Gasteiger charge is -2.18. The normalized spacial score (nSPS) is 11.6. The lowest BCUT2D eigenvalue weighted by atomic mass is 10.1. The molecule has 0 unspecified atom stereocenters. The van der Waals surface area contributed by atoms with Gasteiger partial charge in [0.1, 0.15) is 5.75 Å². The maximum atomic E-state index is 9.56. The first-order chi connectivity index (χ1) is 7.42.